The maximum Gasteiger partial charge on any atom is 0.180 e. The van der Waals surface area contributed by atoms with Crippen LogP contribution in [0, 0.1) is 0 Å². The highest BCUT2D eigenvalue weighted by Gasteiger charge is 2.10. The number of aromatic amines is 1. The Labute approximate surface area is 114 Å². The zero-order valence-corrected chi connectivity index (χ0v) is 10.8. The van der Waals surface area contributed by atoms with E-state index in [-0.39, 0.29) is 0 Å². The van der Waals surface area contributed by atoms with Crippen molar-refractivity contribution in [3.63, 3.8) is 0 Å². The third-order valence-electron chi connectivity index (χ3n) is 2.63. The Balaban J connectivity index is 2.00. The Hall–Kier alpha value is -2.34. The van der Waals surface area contributed by atoms with Crippen LogP contribution in [0.2, 0.25) is 0 Å². The van der Waals surface area contributed by atoms with Gasteiger partial charge in [0.05, 0.1) is 0 Å². The van der Waals surface area contributed by atoms with Crippen LogP contribution >= 0.6 is 11.8 Å². The van der Waals surface area contributed by atoms with Crippen molar-refractivity contribution in [1.82, 2.24) is 20.6 Å². The van der Waals surface area contributed by atoms with Gasteiger partial charge >= 0.3 is 0 Å². The molecule has 0 radical (unpaired) electrons. The van der Waals surface area contributed by atoms with Crippen LogP contribution in [0.5, 0.6) is 0 Å². The maximum absolute atomic E-state index is 5.97. The first kappa shape index (κ1) is 11.7. The quantitative estimate of drug-likeness (QED) is 0.714. The first-order chi connectivity index (χ1) is 9.34. The number of hydrogen-bond donors (Lipinski definition) is 2. The first-order valence-electron chi connectivity index (χ1n) is 5.70. The number of nitrogens with one attached hydrogen (secondary N) is 1. The van der Waals surface area contributed by atoms with Gasteiger partial charge in [0.2, 0.25) is 0 Å². The summed E-state index contributed by atoms with van der Waals surface area (Å²) in [4.78, 5) is 2.07. The van der Waals surface area contributed by atoms with E-state index in [1.807, 2.05) is 48.5 Å². The van der Waals surface area contributed by atoms with Gasteiger partial charge in [-0.1, -0.05) is 36.0 Å². The molecule has 3 N–H and O–H groups in total. The van der Waals surface area contributed by atoms with E-state index in [0.717, 1.165) is 21.0 Å². The summed E-state index contributed by atoms with van der Waals surface area (Å²) in [7, 11) is 0. The molecule has 0 bridgehead atoms. The molecule has 3 aromatic rings. The van der Waals surface area contributed by atoms with Crippen LogP contribution < -0.4 is 5.73 Å². The highest BCUT2D eigenvalue weighted by molar-refractivity contribution is 7.99. The number of tetrazole rings is 1. The summed E-state index contributed by atoms with van der Waals surface area (Å²) in [6.07, 6.45) is 0. The third kappa shape index (κ3) is 2.43. The van der Waals surface area contributed by atoms with Crippen molar-refractivity contribution in [2.75, 3.05) is 5.73 Å². The van der Waals surface area contributed by atoms with E-state index in [4.69, 9.17) is 5.73 Å². The van der Waals surface area contributed by atoms with Gasteiger partial charge in [-0.3, -0.25) is 0 Å². The van der Waals surface area contributed by atoms with Crippen LogP contribution in [0.3, 0.4) is 0 Å². The molecule has 0 aliphatic rings. The zero-order chi connectivity index (χ0) is 13.1. The number of H-pyrrole nitrogens is 1. The minimum Gasteiger partial charge on any atom is -0.398 e. The topological polar surface area (TPSA) is 80.5 Å². The van der Waals surface area contributed by atoms with Gasteiger partial charge in [0.1, 0.15) is 0 Å². The van der Waals surface area contributed by atoms with Crippen LogP contribution in [0.15, 0.2) is 58.3 Å². The molecule has 0 fully saturated rings. The molecule has 1 aromatic heterocycles. The molecule has 0 atom stereocenters. The molecule has 0 saturated heterocycles. The lowest BCUT2D eigenvalue weighted by Crippen LogP contribution is -1.89. The number of aromatic nitrogens is 4. The van der Waals surface area contributed by atoms with Crippen molar-refractivity contribution >= 4 is 17.4 Å². The molecule has 0 aliphatic carbocycles. The number of hydrogen-bond acceptors (Lipinski definition) is 5. The van der Waals surface area contributed by atoms with Gasteiger partial charge in [-0.15, -0.1) is 5.10 Å². The van der Waals surface area contributed by atoms with Crippen LogP contribution in [-0.4, -0.2) is 20.6 Å². The third-order valence-corrected chi connectivity index (χ3v) is 3.79. The second kappa shape index (κ2) is 5.11. The van der Waals surface area contributed by atoms with Gasteiger partial charge in [0.15, 0.2) is 5.82 Å². The van der Waals surface area contributed by atoms with E-state index in [2.05, 4.69) is 20.6 Å². The van der Waals surface area contributed by atoms with E-state index in [1.54, 1.807) is 11.8 Å². The minimum atomic E-state index is 0.651. The molecule has 6 heteroatoms. The van der Waals surface area contributed by atoms with Gasteiger partial charge < -0.3 is 5.73 Å². The van der Waals surface area contributed by atoms with Gasteiger partial charge in [0.25, 0.3) is 0 Å². The number of anilines is 1. The predicted molar refractivity (Wildman–Crippen MR) is 74.6 cm³/mol. The fourth-order valence-electron chi connectivity index (χ4n) is 1.72. The van der Waals surface area contributed by atoms with Crippen molar-refractivity contribution in [3.05, 3.63) is 48.5 Å². The number of nitrogens with two attached hydrogens (primary N) is 1. The van der Waals surface area contributed by atoms with Gasteiger partial charge in [-0.25, -0.2) is 5.10 Å². The lowest BCUT2D eigenvalue weighted by atomic mass is 10.2. The molecule has 0 spiro atoms. The van der Waals surface area contributed by atoms with Gasteiger partial charge in [-0.05, 0) is 34.7 Å². The molecule has 0 amide bonds. The molecule has 1 heterocycles. The normalized spacial score (nSPS) is 10.5. The monoisotopic (exact) mass is 269 g/mol. The summed E-state index contributed by atoms with van der Waals surface area (Å²) < 4.78 is 0. The molecule has 0 saturated carbocycles. The van der Waals surface area contributed by atoms with E-state index in [0.29, 0.717) is 5.82 Å². The lowest BCUT2D eigenvalue weighted by Gasteiger charge is -2.08. The average Bonchev–Trinajstić information content (AvgIpc) is 2.96. The fourth-order valence-corrected chi connectivity index (χ4v) is 2.71. The molecule has 0 unspecified atom stereocenters. The summed E-state index contributed by atoms with van der Waals surface area (Å²) in [5.41, 5.74) is 7.69. The van der Waals surface area contributed by atoms with Crippen molar-refractivity contribution < 1.29 is 0 Å². The van der Waals surface area contributed by atoms with Crippen molar-refractivity contribution in [3.8, 4) is 11.4 Å². The molecular formula is C13H11N5S. The largest absolute Gasteiger partial charge is 0.398 e. The smallest absolute Gasteiger partial charge is 0.180 e. The number of benzene rings is 2. The van der Waals surface area contributed by atoms with Crippen LogP contribution in [0.25, 0.3) is 11.4 Å². The van der Waals surface area contributed by atoms with E-state index in [9.17, 15) is 0 Å². The van der Waals surface area contributed by atoms with Crippen LogP contribution in [0.1, 0.15) is 0 Å². The van der Waals surface area contributed by atoms with Gasteiger partial charge in [0, 0.05) is 21.0 Å². The molecule has 2 aromatic carbocycles. The molecule has 0 aliphatic heterocycles. The summed E-state index contributed by atoms with van der Waals surface area (Å²) in [6, 6.07) is 15.7. The van der Waals surface area contributed by atoms with E-state index in [1.165, 1.54) is 0 Å². The average molecular weight is 269 g/mol. The number of rotatable bonds is 3. The molecule has 3 rings (SSSR count). The highest BCUT2D eigenvalue weighted by atomic mass is 32.2. The molecular weight excluding hydrogens is 258 g/mol. The Morgan fingerprint density at radius 3 is 2.42 bits per heavy atom. The molecule has 19 heavy (non-hydrogen) atoms. The first-order valence-corrected chi connectivity index (χ1v) is 6.52. The number of nitrogen functional groups attached to an aromatic ring is 1. The Morgan fingerprint density at radius 2 is 1.68 bits per heavy atom. The Morgan fingerprint density at radius 1 is 0.947 bits per heavy atom. The molecule has 94 valence electrons. The number of nitrogens with zero attached hydrogens (tertiary/aromatic N) is 3. The summed E-state index contributed by atoms with van der Waals surface area (Å²) in [6.45, 7) is 0. The zero-order valence-electron chi connectivity index (χ0n) is 9.95. The van der Waals surface area contributed by atoms with Crippen molar-refractivity contribution in [2.45, 2.75) is 9.79 Å². The second-order valence-corrected chi connectivity index (χ2v) is 4.97. The lowest BCUT2D eigenvalue weighted by molar-refractivity contribution is 0.881. The fraction of sp³-hybridized carbons (Fsp3) is 0. The molecule has 5 nitrogen and oxygen atoms in total. The van der Waals surface area contributed by atoms with Crippen LogP contribution in [-0.2, 0) is 0 Å². The van der Waals surface area contributed by atoms with Crippen molar-refractivity contribution in [1.29, 1.82) is 0 Å². The van der Waals surface area contributed by atoms with E-state index >= 15 is 0 Å². The summed E-state index contributed by atoms with van der Waals surface area (Å²) >= 11 is 1.60. The maximum atomic E-state index is 5.97. The predicted octanol–water partition coefficient (Wildman–Crippen LogP) is 2.60. The highest BCUT2D eigenvalue weighted by Crippen LogP contribution is 2.36. The summed E-state index contributed by atoms with van der Waals surface area (Å²) in [5.74, 6) is 0.651. The minimum absolute atomic E-state index is 0.651. The van der Waals surface area contributed by atoms with Gasteiger partial charge in [-0.2, -0.15) is 0 Å². The Bertz CT molecular complexity index is 681. The Kier molecular flexibility index (Phi) is 3.16. The number of para-hydroxylation sites is 1. The second-order valence-electron chi connectivity index (χ2n) is 3.89. The standard InChI is InChI=1S/C13H11N5S/c14-10-6-2-4-8-12(10)19-11-7-3-1-5-9(11)13-15-17-18-16-13/h1-8H,14H2,(H,15,16,17,18). The SMILES string of the molecule is Nc1ccccc1Sc1ccccc1-c1nnn[nH]1. The summed E-state index contributed by atoms with van der Waals surface area (Å²) in [5, 5.41) is 13.9. The van der Waals surface area contributed by atoms with Crippen LogP contribution in [0.4, 0.5) is 5.69 Å². The van der Waals surface area contributed by atoms with Crippen molar-refractivity contribution in [2.24, 2.45) is 0 Å². The van der Waals surface area contributed by atoms with E-state index < -0.39 is 0 Å².